The second-order valence-corrected chi connectivity index (χ2v) is 13.9. The van der Waals surface area contributed by atoms with Crippen molar-refractivity contribution in [3.05, 3.63) is 108 Å². The number of amides is 3. The van der Waals surface area contributed by atoms with Crippen molar-refractivity contribution in [2.24, 2.45) is 5.41 Å². The SMILES string of the molecule is CNC(C)(C)CC=CC(=O)N(C)[C@H](Cc1ccc(-c2ccccc2)cc1)C(=O)N(C)[C@H](Cc1ccc(F)c(F)c1)C(=O)NCC(C)(C)CO. The van der Waals surface area contributed by atoms with Crippen LogP contribution in [0.5, 0.6) is 0 Å². The summed E-state index contributed by atoms with van der Waals surface area (Å²) < 4.78 is 28.0. The molecule has 0 unspecified atom stereocenters. The summed E-state index contributed by atoms with van der Waals surface area (Å²) in [4.78, 5) is 44.2. The average molecular weight is 677 g/mol. The van der Waals surface area contributed by atoms with Crippen molar-refractivity contribution in [2.75, 3.05) is 34.3 Å². The maximum absolute atomic E-state index is 14.4. The van der Waals surface area contributed by atoms with Gasteiger partial charge in [0.2, 0.25) is 17.7 Å². The van der Waals surface area contributed by atoms with E-state index in [0.717, 1.165) is 28.8 Å². The molecule has 8 nitrogen and oxygen atoms in total. The first-order valence-electron chi connectivity index (χ1n) is 16.4. The summed E-state index contributed by atoms with van der Waals surface area (Å²) in [7, 11) is 4.87. The number of carbonyl (C=O) groups is 3. The molecule has 3 aromatic rings. The van der Waals surface area contributed by atoms with Crippen LogP contribution < -0.4 is 10.6 Å². The Labute approximate surface area is 289 Å². The quantitative estimate of drug-likeness (QED) is 0.182. The van der Waals surface area contributed by atoms with E-state index in [1.165, 1.54) is 29.0 Å². The van der Waals surface area contributed by atoms with Gasteiger partial charge < -0.3 is 25.5 Å². The lowest BCUT2D eigenvalue weighted by Gasteiger charge is -2.35. The number of likely N-dealkylation sites (N-methyl/N-ethyl adjacent to an activating group) is 2. The molecule has 3 aromatic carbocycles. The van der Waals surface area contributed by atoms with Crippen LogP contribution in [0.1, 0.15) is 45.2 Å². The average Bonchev–Trinajstić information content (AvgIpc) is 3.09. The molecule has 0 aromatic heterocycles. The fraction of sp³-hybridized carbons (Fsp3) is 0.410. The molecule has 0 heterocycles. The van der Waals surface area contributed by atoms with Gasteiger partial charge in [-0.05, 0) is 67.8 Å². The van der Waals surface area contributed by atoms with Crippen molar-refractivity contribution >= 4 is 17.7 Å². The van der Waals surface area contributed by atoms with Crippen LogP contribution in [-0.4, -0.2) is 84.5 Å². The second kappa shape index (κ2) is 17.3. The number of nitrogens with one attached hydrogen (secondary N) is 2. The maximum Gasteiger partial charge on any atom is 0.246 e. The van der Waals surface area contributed by atoms with Gasteiger partial charge in [0.1, 0.15) is 12.1 Å². The number of benzene rings is 3. The standard InChI is InChI=1S/C39H50F2N4O4/c1-38(2,26-46)25-43-36(48)33(24-28-17-20-31(40)32(41)22-28)45(7)37(49)34(44(6)35(47)14-11-21-39(3,4)42-5)23-27-15-18-30(19-16-27)29-12-9-8-10-13-29/h8-20,22,33-34,42,46H,21,23-26H2,1-7H3,(H,43,48)/t33-,34-/m1/s1. The summed E-state index contributed by atoms with van der Waals surface area (Å²) in [5.74, 6) is -3.51. The predicted molar refractivity (Wildman–Crippen MR) is 190 cm³/mol. The van der Waals surface area contributed by atoms with Gasteiger partial charge in [-0.15, -0.1) is 0 Å². The van der Waals surface area contributed by atoms with Crippen LogP contribution in [0.25, 0.3) is 11.1 Å². The number of hydrogen-bond donors (Lipinski definition) is 3. The van der Waals surface area contributed by atoms with Crippen LogP contribution in [0.3, 0.4) is 0 Å². The molecular formula is C39H50F2N4O4. The third-order valence-electron chi connectivity index (χ3n) is 8.86. The molecule has 49 heavy (non-hydrogen) atoms. The Kier molecular flexibility index (Phi) is 13.8. The first-order chi connectivity index (χ1) is 23.1. The lowest BCUT2D eigenvalue weighted by molar-refractivity contribution is -0.146. The van der Waals surface area contributed by atoms with Crippen LogP contribution in [0, 0.1) is 17.0 Å². The van der Waals surface area contributed by atoms with Gasteiger partial charge in [-0.3, -0.25) is 14.4 Å². The number of halogens is 2. The fourth-order valence-electron chi connectivity index (χ4n) is 5.09. The summed E-state index contributed by atoms with van der Waals surface area (Å²) in [6.45, 7) is 7.49. The number of aliphatic hydroxyl groups excluding tert-OH is 1. The van der Waals surface area contributed by atoms with Crippen molar-refractivity contribution in [3.8, 4) is 11.1 Å². The molecule has 10 heteroatoms. The maximum atomic E-state index is 14.4. The summed E-state index contributed by atoms with van der Waals surface area (Å²) in [5, 5.41) is 15.7. The highest BCUT2D eigenvalue weighted by Gasteiger charge is 2.35. The Morgan fingerprint density at radius 1 is 0.816 bits per heavy atom. The molecule has 0 saturated carbocycles. The molecular weight excluding hydrogens is 626 g/mol. The molecule has 264 valence electrons. The van der Waals surface area contributed by atoms with E-state index < -0.39 is 40.9 Å². The number of carbonyl (C=O) groups excluding carboxylic acids is 3. The fourth-order valence-corrected chi connectivity index (χ4v) is 5.09. The van der Waals surface area contributed by atoms with E-state index in [2.05, 4.69) is 10.6 Å². The molecule has 3 amide bonds. The van der Waals surface area contributed by atoms with E-state index >= 15 is 0 Å². The third kappa shape index (κ3) is 11.3. The van der Waals surface area contributed by atoms with Crippen LogP contribution in [0.15, 0.2) is 84.9 Å². The van der Waals surface area contributed by atoms with Gasteiger partial charge in [0.25, 0.3) is 0 Å². The van der Waals surface area contributed by atoms with Gasteiger partial charge in [0.05, 0.1) is 0 Å². The molecule has 0 spiro atoms. The Morgan fingerprint density at radius 3 is 2.00 bits per heavy atom. The predicted octanol–water partition coefficient (Wildman–Crippen LogP) is 5.15. The number of aliphatic hydroxyl groups is 1. The molecule has 0 aliphatic carbocycles. The second-order valence-electron chi connectivity index (χ2n) is 13.9. The smallest absolute Gasteiger partial charge is 0.246 e. The molecule has 0 fully saturated rings. The molecule has 2 atom stereocenters. The molecule has 0 aliphatic heterocycles. The number of hydrogen-bond acceptors (Lipinski definition) is 5. The van der Waals surface area contributed by atoms with Gasteiger partial charge in [-0.2, -0.15) is 0 Å². The molecule has 3 rings (SSSR count). The van der Waals surface area contributed by atoms with Gasteiger partial charge in [0, 0.05) is 51.0 Å². The van der Waals surface area contributed by atoms with Gasteiger partial charge >= 0.3 is 0 Å². The Balaban J connectivity index is 1.97. The summed E-state index contributed by atoms with van der Waals surface area (Å²) in [6, 6.07) is 18.8. The zero-order valence-corrected chi connectivity index (χ0v) is 29.6. The number of nitrogens with zero attached hydrogens (tertiary/aromatic N) is 2. The van der Waals surface area contributed by atoms with Crippen LogP contribution in [0.4, 0.5) is 8.78 Å². The van der Waals surface area contributed by atoms with Crippen LogP contribution in [-0.2, 0) is 27.2 Å². The van der Waals surface area contributed by atoms with E-state index in [9.17, 15) is 28.3 Å². The Morgan fingerprint density at radius 2 is 1.41 bits per heavy atom. The first kappa shape index (κ1) is 39.0. The van der Waals surface area contributed by atoms with Gasteiger partial charge in [-0.25, -0.2) is 8.78 Å². The molecule has 0 bridgehead atoms. The van der Waals surface area contributed by atoms with Crippen molar-refractivity contribution in [1.82, 2.24) is 20.4 Å². The topological polar surface area (TPSA) is 102 Å². The third-order valence-corrected chi connectivity index (χ3v) is 8.86. The highest BCUT2D eigenvalue weighted by molar-refractivity contribution is 5.95. The van der Waals surface area contributed by atoms with E-state index in [1.54, 1.807) is 27.0 Å². The Bertz CT molecular complexity index is 1590. The monoisotopic (exact) mass is 676 g/mol. The van der Waals surface area contributed by atoms with Crippen LogP contribution >= 0.6 is 0 Å². The van der Waals surface area contributed by atoms with Crippen molar-refractivity contribution in [2.45, 2.75) is 64.6 Å². The lowest BCUT2D eigenvalue weighted by Crippen LogP contribution is -2.56. The van der Waals surface area contributed by atoms with Crippen molar-refractivity contribution in [1.29, 1.82) is 0 Å². The van der Waals surface area contributed by atoms with E-state index in [4.69, 9.17) is 0 Å². The van der Waals surface area contributed by atoms with E-state index in [-0.39, 0.29) is 37.4 Å². The number of rotatable bonds is 16. The zero-order valence-electron chi connectivity index (χ0n) is 29.6. The summed E-state index contributed by atoms with van der Waals surface area (Å²) in [6.07, 6.45) is 3.83. The largest absolute Gasteiger partial charge is 0.396 e. The molecule has 0 radical (unpaired) electrons. The van der Waals surface area contributed by atoms with Crippen molar-refractivity contribution in [3.63, 3.8) is 0 Å². The normalized spacial score (nSPS) is 13.2. The minimum Gasteiger partial charge on any atom is -0.396 e. The zero-order chi connectivity index (χ0) is 36.4. The minimum atomic E-state index is -1.13. The van der Waals surface area contributed by atoms with Gasteiger partial charge in [0.15, 0.2) is 11.6 Å². The molecule has 3 N–H and O–H groups in total. The van der Waals surface area contributed by atoms with Crippen molar-refractivity contribution < 1.29 is 28.3 Å². The van der Waals surface area contributed by atoms with E-state index in [0.29, 0.717) is 12.0 Å². The van der Waals surface area contributed by atoms with Gasteiger partial charge in [-0.1, -0.05) is 80.6 Å². The summed E-state index contributed by atoms with van der Waals surface area (Å²) in [5.41, 5.74) is 2.28. The summed E-state index contributed by atoms with van der Waals surface area (Å²) >= 11 is 0. The highest BCUT2D eigenvalue weighted by atomic mass is 19.2. The lowest BCUT2D eigenvalue weighted by atomic mass is 9.94. The molecule has 0 aliphatic rings. The Hall–Kier alpha value is -4.41. The first-order valence-corrected chi connectivity index (χ1v) is 16.4. The van der Waals surface area contributed by atoms with E-state index in [1.807, 2.05) is 75.5 Å². The minimum absolute atomic E-state index is 0.111. The molecule has 0 saturated heterocycles. The van der Waals surface area contributed by atoms with Crippen LogP contribution in [0.2, 0.25) is 0 Å². The highest BCUT2D eigenvalue weighted by Crippen LogP contribution is 2.22.